The standard InChI is InChI=1S/C14H14ClFN2O2/c1-14(2,3)18-12(19)10(11(15)17-13(18)20)8-6-4-5-7-9(8)16/h4-7H,1-3H3,(H,17,20). The summed E-state index contributed by atoms with van der Waals surface area (Å²) in [5, 5.41) is -0.161. The molecule has 0 unspecified atom stereocenters. The zero-order chi connectivity index (χ0) is 15.1. The molecule has 4 nitrogen and oxygen atoms in total. The van der Waals surface area contributed by atoms with Crippen LogP contribution in [0, 0.1) is 5.82 Å². The second-order valence-electron chi connectivity index (χ2n) is 5.41. The van der Waals surface area contributed by atoms with E-state index in [-0.39, 0.29) is 16.3 Å². The number of nitrogens with one attached hydrogen (secondary N) is 1. The number of rotatable bonds is 1. The van der Waals surface area contributed by atoms with Crippen molar-refractivity contribution in [2.75, 3.05) is 0 Å². The number of aromatic nitrogens is 2. The Hall–Kier alpha value is -1.88. The van der Waals surface area contributed by atoms with Crippen molar-refractivity contribution in [2.45, 2.75) is 26.3 Å². The zero-order valence-corrected chi connectivity index (χ0v) is 12.1. The topological polar surface area (TPSA) is 54.9 Å². The van der Waals surface area contributed by atoms with Crippen molar-refractivity contribution in [1.82, 2.24) is 9.55 Å². The summed E-state index contributed by atoms with van der Waals surface area (Å²) in [6.45, 7) is 5.13. The number of halogens is 2. The van der Waals surface area contributed by atoms with Gasteiger partial charge in [-0.25, -0.2) is 9.18 Å². The first-order valence-corrected chi connectivity index (χ1v) is 6.41. The molecule has 20 heavy (non-hydrogen) atoms. The van der Waals surface area contributed by atoms with E-state index in [0.29, 0.717) is 0 Å². The lowest BCUT2D eigenvalue weighted by atomic mass is 10.1. The smallest absolute Gasteiger partial charge is 0.297 e. The average molecular weight is 297 g/mol. The molecule has 0 fully saturated rings. The van der Waals surface area contributed by atoms with Crippen LogP contribution in [0.15, 0.2) is 33.9 Å². The maximum atomic E-state index is 13.9. The van der Waals surface area contributed by atoms with Crippen molar-refractivity contribution < 1.29 is 4.39 Å². The van der Waals surface area contributed by atoms with E-state index in [1.165, 1.54) is 18.2 Å². The van der Waals surface area contributed by atoms with E-state index in [2.05, 4.69) is 4.98 Å². The van der Waals surface area contributed by atoms with Crippen molar-refractivity contribution in [1.29, 1.82) is 0 Å². The maximum absolute atomic E-state index is 13.9. The van der Waals surface area contributed by atoms with Crippen LogP contribution in [0.5, 0.6) is 0 Å². The minimum Gasteiger partial charge on any atom is -0.297 e. The molecular weight excluding hydrogens is 283 g/mol. The molecule has 0 aliphatic heterocycles. The predicted octanol–water partition coefficient (Wildman–Crippen LogP) is 2.75. The molecule has 2 rings (SSSR count). The van der Waals surface area contributed by atoms with Crippen molar-refractivity contribution in [3.63, 3.8) is 0 Å². The molecule has 0 aliphatic rings. The van der Waals surface area contributed by atoms with Crippen LogP contribution in [0.3, 0.4) is 0 Å². The van der Waals surface area contributed by atoms with Gasteiger partial charge in [-0.2, -0.15) is 0 Å². The van der Waals surface area contributed by atoms with E-state index < -0.39 is 22.6 Å². The van der Waals surface area contributed by atoms with Gasteiger partial charge in [0, 0.05) is 11.1 Å². The number of hydrogen-bond acceptors (Lipinski definition) is 2. The lowest BCUT2D eigenvalue weighted by Crippen LogP contribution is -2.45. The van der Waals surface area contributed by atoms with Crippen LogP contribution in [-0.4, -0.2) is 9.55 Å². The van der Waals surface area contributed by atoms with Crippen LogP contribution in [-0.2, 0) is 5.54 Å². The van der Waals surface area contributed by atoms with E-state index in [0.717, 1.165) is 4.57 Å². The number of nitrogens with zero attached hydrogens (tertiary/aromatic N) is 1. The lowest BCUT2D eigenvalue weighted by Gasteiger charge is -2.22. The van der Waals surface area contributed by atoms with Crippen LogP contribution in [0.4, 0.5) is 4.39 Å². The molecule has 0 bridgehead atoms. The Morgan fingerprint density at radius 1 is 1.20 bits per heavy atom. The Morgan fingerprint density at radius 3 is 2.35 bits per heavy atom. The van der Waals surface area contributed by atoms with Gasteiger partial charge in [0.05, 0.1) is 5.56 Å². The Kier molecular flexibility index (Phi) is 3.56. The highest BCUT2D eigenvalue weighted by Crippen LogP contribution is 2.25. The lowest BCUT2D eigenvalue weighted by molar-refractivity contribution is 0.367. The SMILES string of the molecule is CC(C)(C)n1c(=O)[nH]c(Cl)c(-c2ccccc2F)c1=O. The van der Waals surface area contributed by atoms with Crippen molar-refractivity contribution in [2.24, 2.45) is 0 Å². The fourth-order valence-corrected chi connectivity index (χ4v) is 2.28. The van der Waals surface area contributed by atoms with Gasteiger partial charge in [-0.05, 0) is 26.8 Å². The van der Waals surface area contributed by atoms with Gasteiger partial charge in [-0.15, -0.1) is 0 Å². The van der Waals surface area contributed by atoms with Crippen LogP contribution in [0.2, 0.25) is 5.15 Å². The molecule has 0 saturated carbocycles. The zero-order valence-electron chi connectivity index (χ0n) is 11.3. The number of hydrogen-bond donors (Lipinski definition) is 1. The monoisotopic (exact) mass is 296 g/mol. The average Bonchev–Trinajstić information content (AvgIpc) is 2.28. The van der Waals surface area contributed by atoms with Crippen molar-refractivity contribution >= 4 is 11.6 Å². The Bertz CT molecular complexity index is 772. The first-order valence-electron chi connectivity index (χ1n) is 6.03. The van der Waals surface area contributed by atoms with E-state index >= 15 is 0 Å². The third kappa shape index (κ3) is 2.41. The summed E-state index contributed by atoms with van der Waals surface area (Å²) in [4.78, 5) is 26.8. The van der Waals surface area contributed by atoms with E-state index in [9.17, 15) is 14.0 Å². The molecular formula is C14H14ClFN2O2. The molecule has 0 amide bonds. The summed E-state index contributed by atoms with van der Waals surface area (Å²) >= 11 is 5.93. The Labute approximate surface area is 119 Å². The molecule has 2 aromatic rings. The fraction of sp³-hybridized carbons (Fsp3) is 0.286. The highest BCUT2D eigenvalue weighted by Gasteiger charge is 2.23. The van der Waals surface area contributed by atoms with Gasteiger partial charge in [0.15, 0.2) is 0 Å². The summed E-state index contributed by atoms with van der Waals surface area (Å²) < 4.78 is 14.9. The van der Waals surface area contributed by atoms with Crippen LogP contribution in [0.25, 0.3) is 11.1 Å². The Morgan fingerprint density at radius 2 is 1.80 bits per heavy atom. The van der Waals surface area contributed by atoms with Crippen LogP contribution < -0.4 is 11.2 Å². The summed E-state index contributed by atoms with van der Waals surface area (Å²) in [6.07, 6.45) is 0. The van der Waals surface area contributed by atoms with E-state index in [4.69, 9.17) is 11.6 Å². The van der Waals surface area contributed by atoms with Crippen LogP contribution in [0.1, 0.15) is 20.8 Å². The summed E-state index contributed by atoms with van der Waals surface area (Å²) in [5.41, 5.74) is -1.95. The molecule has 1 heterocycles. The van der Waals surface area contributed by atoms with Crippen molar-refractivity contribution in [3.8, 4) is 11.1 Å². The van der Waals surface area contributed by atoms with Gasteiger partial charge in [0.25, 0.3) is 5.56 Å². The molecule has 1 aromatic carbocycles. The summed E-state index contributed by atoms with van der Waals surface area (Å²) in [6, 6.07) is 5.79. The van der Waals surface area contributed by atoms with Gasteiger partial charge in [-0.3, -0.25) is 14.3 Å². The summed E-state index contributed by atoms with van der Waals surface area (Å²) in [5.74, 6) is -0.570. The minimum atomic E-state index is -0.741. The maximum Gasteiger partial charge on any atom is 0.330 e. The van der Waals surface area contributed by atoms with E-state index in [1.54, 1.807) is 26.8 Å². The summed E-state index contributed by atoms with van der Waals surface area (Å²) in [7, 11) is 0. The number of benzene rings is 1. The van der Waals surface area contributed by atoms with Gasteiger partial charge in [0.2, 0.25) is 0 Å². The van der Waals surface area contributed by atoms with Crippen molar-refractivity contribution in [3.05, 3.63) is 56.1 Å². The number of aromatic amines is 1. The number of H-pyrrole nitrogens is 1. The van der Waals surface area contributed by atoms with Gasteiger partial charge < -0.3 is 0 Å². The molecule has 0 radical (unpaired) electrons. The Balaban J connectivity index is 2.90. The van der Waals surface area contributed by atoms with Gasteiger partial charge >= 0.3 is 5.69 Å². The molecule has 0 spiro atoms. The van der Waals surface area contributed by atoms with Gasteiger partial charge in [0.1, 0.15) is 11.0 Å². The predicted molar refractivity (Wildman–Crippen MR) is 76.7 cm³/mol. The third-order valence-electron chi connectivity index (χ3n) is 2.87. The second kappa shape index (κ2) is 4.90. The quantitative estimate of drug-likeness (QED) is 0.823. The molecule has 1 N–H and O–H groups in total. The highest BCUT2D eigenvalue weighted by molar-refractivity contribution is 6.32. The fourth-order valence-electron chi connectivity index (χ4n) is 2.02. The first-order chi connectivity index (χ1) is 9.23. The largest absolute Gasteiger partial charge is 0.330 e. The molecule has 106 valence electrons. The molecule has 0 aliphatic carbocycles. The molecule has 0 atom stereocenters. The highest BCUT2D eigenvalue weighted by atomic mass is 35.5. The minimum absolute atomic E-state index is 0.0423. The molecule has 6 heteroatoms. The normalized spacial score (nSPS) is 11.7. The van der Waals surface area contributed by atoms with Gasteiger partial charge in [-0.1, -0.05) is 29.8 Å². The second-order valence-corrected chi connectivity index (χ2v) is 5.79. The molecule has 0 saturated heterocycles. The van der Waals surface area contributed by atoms with Crippen LogP contribution >= 0.6 is 11.6 Å². The first kappa shape index (κ1) is 14.5. The third-order valence-corrected chi connectivity index (χ3v) is 3.15. The molecule has 1 aromatic heterocycles. The van der Waals surface area contributed by atoms with E-state index in [1.807, 2.05) is 0 Å².